The molecule has 0 aromatic heterocycles. The van der Waals surface area contributed by atoms with Gasteiger partial charge >= 0.3 is 0 Å². The van der Waals surface area contributed by atoms with Gasteiger partial charge in [-0.15, -0.1) is 13.0 Å². The van der Waals surface area contributed by atoms with Gasteiger partial charge < -0.3 is 15.5 Å². The van der Waals surface area contributed by atoms with Crippen LogP contribution in [0.15, 0.2) is 116 Å². The average Bonchev–Trinajstić information content (AvgIpc) is 3.22. The van der Waals surface area contributed by atoms with Crippen LogP contribution in [0.25, 0.3) is 6.08 Å². The van der Waals surface area contributed by atoms with Gasteiger partial charge in [-0.3, -0.25) is 9.59 Å². The molecule has 3 aromatic rings. The van der Waals surface area contributed by atoms with Crippen molar-refractivity contribution in [2.45, 2.75) is 126 Å². The average molecular weight is 776 g/mol. The van der Waals surface area contributed by atoms with Gasteiger partial charge in [0.15, 0.2) is 0 Å². The lowest BCUT2D eigenvalue weighted by Gasteiger charge is -2.31. The Morgan fingerprint density at radius 1 is 0.930 bits per heavy atom. The van der Waals surface area contributed by atoms with E-state index in [-0.39, 0.29) is 25.3 Å². The molecular formula is C52H77N3O2. The normalized spacial score (nSPS) is 11.6. The number of hydrogen-bond acceptors (Lipinski definition) is 3. The molecule has 3 unspecified atom stereocenters. The molecule has 0 fully saturated rings. The molecule has 2 amide bonds. The van der Waals surface area contributed by atoms with Crippen LogP contribution in [0.4, 0.5) is 11.4 Å². The number of carbonyl (C=O) groups is 2. The lowest BCUT2D eigenvalue weighted by molar-refractivity contribution is -0.105. The predicted molar refractivity (Wildman–Crippen MR) is 254 cm³/mol. The summed E-state index contributed by atoms with van der Waals surface area (Å²) >= 11 is 0. The number of nitrogens with zero attached hydrogens (tertiary/aromatic N) is 1. The van der Waals surface area contributed by atoms with Crippen LogP contribution in [0.5, 0.6) is 0 Å². The molecule has 0 saturated carbocycles. The lowest BCUT2D eigenvalue weighted by Crippen LogP contribution is -2.35. The number of unbranched alkanes of at least 4 members (excludes halogenated alkanes) is 3. The maximum Gasteiger partial charge on any atom is 0.251 e. The van der Waals surface area contributed by atoms with E-state index >= 15 is 0 Å². The summed E-state index contributed by atoms with van der Waals surface area (Å²) in [5.41, 5.74) is 6.01. The van der Waals surface area contributed by atoms with Gasteiger partial charge in [-0.05, 0) is 92.8 Å². The molecule has 0 aliphatic carbocycles. The fourth-order valence-corrected chi connectivity index (χ4v) is 5.77. The molecule has 312 valence electrons. The second-order valence-electron chi connectivity index (χ2n) is 13.6. The quantitative estimate of drug-likeness (QED) is 0.0372. The lowest BCUT2D eigenvalue weighted by atomic mass is 9.91. The largest absolute Gasteiger partial charge is 0.371 e. The number of carbonyl (C=O) groups excluding carboxylic acids is 2. The van der Waals surface area contributed by atoms with E-state index in [0.717, 1.165) is 74.1 Å². The molecule has 0 saturated heterocycles. The summed E-state index contributed by atoms with van der Waals surface area (Å²) in [6.07, 6.45) is 27.1. The molecule has 3 atom stereocenters. The van der Waals surface area contributed by atoms with Gasteiger partial charge in [-0.25, -0.2) is 0 Å². The van der Waals surface area contributed by atoms with Gasteiger partial charge in [0, 0.05) is 42.0 Å². The first-order chi connectivity index (χ1) is 27.2. The van der Waals surface area contributed by atoms with Crippen LogP contribution in [0.2, 0.25) is 0 Å². The Hall–Kier alpha value is -5.08. The van der Waals surface area contributed by atoms with E-state index in [9.17, 15) is 9.59 Å². The van der Waals surface area contributed by atoms with E-state index in [1.54, 1.807) is 6.08 Å². The van der Waals surface area contributed by atoms with Crippen molar-refractivity contribution in [1.82, 2.24) is 5.32 Å². The molecule has 5 heteroatoms. The number of benzene rings is 3. The number of terminal acetylenes is 1. The fraction of sp³-hybridized carbons (Fsp3) is 0.423. The van der Waals surface area contributed by atoms with E-state index in [1.165, 1.54) is 18.4 Å². The zero-order valence-electron chi connectivity index (χ0n) is 36.0. The summed E-state index contributed by atoms with van der Waals surface area (Å²) < 4.78 is 0. The minimum absolute atomic E-state index is 0. The van der Waals surface area contributed by atoms with E-state index in [2.05, 4.69) is 113 Å². The summed E-state index contributed by atoms with van der Waals surface area (Å²) in [7, 11) is 0. The molecule has 3 rings (SSSR count). The monoisotopic (exact) mass is 776 g/mol. The van der Waals surface area contributed by atoms with Crippen LogP contribution in [0, 0.1) is 18.3 Å². The van der Waals surface area contributed by atoms with Crippen LogP contribution in [0.3, 0.4) is 0 Å². The van der Waals surface area contributed by atoms with Crippen molar-refractivity contribution >= 4 is 29.8 Å². The highest BCUT2D eigenvalue weighted by atomic mass is 16.1. The van der Waals surface area contributed by atoms with Gasteiger partial charge in [0.1, 0.15) is 0 Å². The first-order valence-electron chi connectivity index (χ1n) is 20.7. The van der Waals surface area contributed by atoms with Crippen LogP contribution in [0.1, 0.15) is 141 Å². The maximum absolute atomic E-state index is 13.3. The number of allylic oxidation sites excluding steroid dienone is 4. The topological polar surface area (TPSA) is 61.4 Å². The fourth-order valence-electron chi connectivity index (χ4n) is 5.77. The molecule has 0 bridgehead atoms. The Labute approximate surface area is 349 Å². The van der Waals surface area contributed by atoms with Crippen molar-refractivity contribution in [1.29, 1.82) is 0 Å². The molecule has 0 spiro atoms. The van der Waals surface area contributed by atoms with Crippen LogP contribution in [-0.4, -0.2) is 31.4 Å². The standard InChI is InChI=1S/C34H46N2O.C11H11NO.C4H10.C2H6.CH4/c1-7-11-12-16-23-36(26-27(5)17-8-2)33-25-31(21-22-32(33)30(10-4)18-9-3)34(37)35-28(6)24-29-19-14-13-15-20-29;1-2-3-4-10-5-7-11(8-6-10)12-9-13;1-3-4-2;1-2;/h4,7-8,13-15,17,19-22,25,27-28,30H,1,9,11-12,16,18,23-24,26H2,2-3,5-6H3,(H,35,37);2-9H,1H2,(H,12,13);3-4H2,1-2H3;1-2H3;1H4/b17-8-;4-3+;;;. The number of hydrogen-bond donors (Lipinski definition) is 2. The van der Waals surface area contributed by atoms with Gasteiger partial charge in [-0.2, -0.15) is 0 Å². The summed E-state index contributed by atoms with van der Waals surface area (Å²) in [6.45, 7) is 26.1. The third kappa shape index (κ3) is 23.6. The van der Waals surface area contributed by atoms with Gasteiger partial charge in [0.25, 0.3) is 5.91 Å². The summed E-state index contributed by atoms with van der Waals surface area (Å²) in [4.78, 5) is 25.9. The molecule has 5 nitrogen and oxygen atoms in total. The Morgan fingerprint density at radius 3 is 2.14 bits per heavy atom. The Balaban J connectivity index is 0. The molecule has 0 radical (unpaired) electrons. The van der Waals surface area contributed by atoms with Gasteiger partial charge in [0.05, 0.1) is 0 Å². The van der Waals surface area contributed by atoms with E-state index in [4.69, 9.17) is 6.42 Å². The summed E-state index contributed by atoms with van der Waals surface area (Å²) in [5.74, 6) is 3.39. The zero-order valence-corrected chi connectivity index (χ0v) is 36.0. The first-order valence-corrected chi connectivity index (χ1v) is 20.7. The van der Waals surface area contributed by atoms with Crippen LogP contribution >= 0.6 is 0 Å². The maximum atomic E-state index is 13.3. The Kier molecular flexibility index (Phi) is 33.5. The number of nitrogens with one attached hydrogen (secondary N) is 2. The molecule has 3 aromatic carbocycles. The minimum atomic E-state index is -0.0444. The summed E-state index contributed by atoms with van der Waals surface area (Å²) in [6, 6.07) is 23.9. The van der Waals surface area contributed by atoms with Crippen LogP contribution < -0.4 is 15.5 Å². The van der Waals surface area contributed by atoms with Crippen LogP contribution in [-0.2, 0) is 11.2 Å². The minimum Gasteiger partial charge on any atom is -0.371 e. The molecule has 0 aliphatic heterocycles. The summed E-state index contributed by atoms with van der Waals surface area (Å²) in [5, 5.41) is 5.77. The SMILES string of the molecule is C.C#CC(CCC)c1ccc(C(=O)NC(C)Cc2ccccc2)cc1N(CCCCC=C)CC(C)/C=C\C.C=C/C=C/c1ccc(NC=O)cc1.CC.CCCC. The smallest absolute Gasteiger partial charge is 0.251 e. The highest BCUT2D eigenvalue weighted by molar-refractivity contribution is 5.95. The Morgan fingerprint density at radius 2 is 1.60 bits per heavy atom. The first kappa shape index (κ1) is 54.0. The third-order valence-electron chi connectivity index (χ3n) is 8.73. The van der Waals surface area contributed by atoms with E-state index < -0.39 is 0 Å². The molecular weight excluding hydrogens is 699 g/mol. The molecule has 0 heterocycles. The third-order valence-corrected chi connectivity index (χ3v) is 8.73. The van der Waals surface area contributed by atoms with Crippen molar-refractivity contribution in [2.75, 3.05) is 23.3 Å². The molecule has 2 N–H and O–H groups in total. The highest BCUT2D eigenvalue weighted by Crippen LogP contribution is 2.33. The number of rotatable bonds is 21. The second-order valence-corrected chi connectivity index (χ2v) is 13.6. The zero-order chi connectivity index (χ0) is 42.0. The molecule has 0 aliphatic rings. The number of amides is 2. The van der Waals surface area contributed by atoms with Crippen molar-refractivity contribution in [3.05, 3.63) is 139 Å². The highest BCUT2D eigenvalue weighted by Gasteiger charge is 2.21. The van der Waals surface area contributed by atoms with Gasteiger partial charge in [-0.1, -0.05) is 166 Å². The van der Waals surface area contributed by atoms with Crippen molar-refractivity contribution in [3.8, 4) is 12.3 Å². The van der Waals surface area contributed by atoms with Gasteiger partial charge in [0.2, 0.25) is 6.41 Å². The van der Waals surface area contributed by atoms with E-state index in [0.29, 0.717) is 17.9 Å². The number of anilines is 2. The Bertz CT molecular complexity index is 1580. The van der Waals surface area contributed by atoms with Crippen molar-refractivity contribution in [3.63, 3.8) is 0 Å². The van der Waals surface area contributed by atoms with Crippen molar-refractivity contribution < 1.29 is 9.59 Å². The molecule has 57 heavy (non-hydrogen) atoms. The second kappa shape index (κ2) is 35.3. The predicted octanol–water partition coefficient (Wildman–Crippen LogP) is 13.9. The van der Waals surface area contributed by atoms with Crippen molar-refractivity contribution in [2.24, 2.45) is 5.92 Å². The van der Waals surface area contributed by atoms with E-state index in [1.807, 2.05) is 80.6 Å².